The van der Waals surface area contributed by atoms with Gasteiger partial charge in [-0.25, -0.2) is 0 Å². The summed E-state index contributed by atoms with van der Waals surface area (Å²) >= 11 is 0. The second-order valence-electron chi connectivity index (χ2n) is 5.11. The quantitative estimate of drug-likeness (QED) is 0.814. The maximum Gasteiger partial charge on any atom is 0.219 e. The van der Waals surface area contributed by atoms with Gasteiger partial charge >= 0.3 is 0 Å². The van der Waals surface area contributed by atoms with E-state index in [0.717, 1.165) is 37.6 Å². The molecule has 0 atom stereocenters. The van der Waals surface area contributed by atoms with Crippen LogP contribution < -0.4 is 10.6 Å². The van der Waals surface area contributed by atoms with Crippen LogP contribution >= 0.6 is 0 Å². The van der Waals surface area contributed by atoms with Crippen LogP contribution in [0.15, 0.2) is 30.9 Å². The van der Waals surface area contributed by atoms with Crippen molar-refractivity contribution in [1.82, 2.24) is 19.7 Å². The number of nitrogen functional groups attached to an aromatic ring is 1. The van der Waals surface area contributed by atoms with Gasteiger partial charge < -0.3 is 15.5 Å². The smallest absolute Gasteiger partial charge is 0.219 e. The number of carbonyl (C=O) groups excluding carboxylic acids is 1. The Morgan fingerprint density at radius 1 is 1.10 bits per heavy atom. The molecule has 0 spiro atoms. The summed E-state index contributed by atoms with van der Waals surface area (Å²) in [5, 5.41) is 7.70. The predicted octanol–water partition coefficient (Wildman–Crippen LogP) is 0.518. The van der Waals surface area contributed by atoms with Gasteiger partial charge in [0, 0.05) is 38.8 Å². The van der Waals surface area contributed by atoms with Crippen LogP contribution in [0.3, 0.4) is 0 Å². The molecule has 2 N–H and O–H groups in total. The minimum atomic E-state index is 0.131. The highest BCUT2D eigenvalue weighted by molar-refractivity contribution is 5.74. The number of carbonyl (C=O) groups is 1. The summed E-state index contributed by atoms with van der Waals surface area (Å²) in [5.74, 6) is 0.131. The molecule has 3 rings (SSSR count). The Kier molecular flexibility index (Phi) is 3.47. The van der Waals surface area contributed by atoms with E-state index in [-0.39, 0.29) is 5.91 Å². The van der Waals surface area contributed by atoms with Gasteiger partial charge in [-0.2, -0.15) is 0 Å². The molecule has 1 fully saturated rings. The highest BCUT2D eigenvalue weighted by Crippen LogP contribution is 2.27. The highest BCUT2D eigenvalue weighted by Gasteiger charge is 2.21. The number of piperazine rings is 1. The predicted molar refractivity (Wildman–Crippen MR) is 80.2 cm³/mol. The number of hydrogen-bond acceptors (Lipinski definition) is 5. The van der Waals surface area contributed by atoms with Crippen molar-refractivity contribution in [3.63, 3.8) is 0 Å². The molecule has 0 aliphatic carbocycles. The third-order valence-electron chi connectivity index (χ3n) is 3.76. The lowest BCUT2D eigenvalue weighted by atomic mass is 10.2. The lowest BCUT2D eigenvalue weighted by Gasteiger charge is -2.36. The molecule has 1 saturated heterocycles. The van der Waals surface area contributed by atoms with Crippen LogP contribution in [0.4, 0.5) is 11.4 Å². The van der Waals surface area contributed by atoms with Crippen LogP contribution in [0.2, 0.25) is 0 Å². The molecule has 0 unspecified atom stereocenters. The molecule has 2 aromatic rings. The third-order valence-corrected chi connectivity index (χ3v) is 3.76. The van der Waals surface area contributed by atoms with E-state index in [1.54, 1.807) is 19.6 Å². The molecule has 1 aromatic carbocycles. The number of amides is 1. The van der Waals surface area contributed by atoms with Crippen LogP contribution in [-0.4, -0.2) is 51.8 Å². The number of nitrogens with two attached hydrogens (primary N) is 1. The SMILES string of the molecule is CC(=O)N1CCN(c2ccc(N)cc2-n2cnnc2)CC1. The van der Waals surface area contributed by atoms with Crippen molar-refractivity contribution in [3.8, 4) is 5.69 Å². The largest absolute Gasteiger partial charge is 0.399 e. The number of aromatic nitrogens is 3. The van der Waals surface area contributed by atoms with Gasteiger partial charge in [0.15, 0.2) is 0 Å². The zero-order chi connectivity index (χ0) is 14.8. The third kappa shape index (κ3) is 2.67. The first-order valence-corrected chi connectivity index (χ1v) is 6.90. The Labute approximate surface area is 123 Å². The van der Waals surface area contributed by atoms with E-state index < -0.39 is 0 Å². The van der Waals surface area contributed by atoms with Crippen LogP contribution in [-0.2, 0) is 4.79 Å². The van der Waals surface area contributed by atoms with Crippen LogP contribution in [0, 0.1) is 0 Å². The van der Waals surface area contributed by atoms with Gasteiger partial charge in [-0.05, 0) is 18.2 Å². The minimum absolute atomic E-state index is 0.131. The van der Waals surface area contributed by atoms with E-state index >= 15 is 0 Å². The monoisotopic (exact) mass is 286 g/mol. The van der Waals surface area contributed by atoms with E-state index in [0.29, 0.717) is 5.69 Å². The van der Waals surface area contributed by atoms with Crippen molar-refractivity contribution in [2.75, 3.05) is 36.8 Å². The highest BCUT2D eigenvalue weighted by atomic mass is 16.2. The summed E-state index contributed by atoms with van der Waals surface area (Å²) in [6.45, 7) is 4.70. The molecule has 7 nitrogen and oxygen atoms in total. The molecule has 0 bridgehead atoms. The van der Waals surface area contributed by atoms with E-state index in [1.165, 1.54) is 0 Å². The van der Waals surface area contributed by atoms with Gasteiger partial charge in [-0.1, -0.05) is 0 Å². The van der Waals surface area contributed by atoms with Crippen molar-refractivity contribution in [2.24, 2.45) is 0 Å². The maximum absolute atomic E-state index is 11.4. The van der Waals surface area contributed by atoms with Gasteiger partial charge in [0.2, 0.25) is 5.91 Å². The van der Waals surface area contributed by atoms with Crippen LogP contribution in [0.1, 0.15) is 6.92 Å². The van der Waals surface area contributed by atoms with Gasteiger partial charge in [-0.3, -0.25) is 9.36 Å². The number of rotatable bonds is 2. The molecular weight excluding hydrogens is 268 g/mol. The summed E-state index contributed by atoms with van der Waals surface area (Å²) in [6.07, 6.45) is 3.31. The van der Waals surface area contributed by atoms with Crippen LogP contribution in [0.5, 0.6) is 0 Å². The molecule has 0 saturated carbocycles. The number of nitrogens with zero attached hydrogens (tertiary/aromatic N) is 5. The van der Waals surface area contributed by atoms with Gasteiger partial charge in [0.05, 0.1) is 11.4 Å². The summed E-state index contributed by atoms with van der Waals surface area (Å²) in [6, 6.07) is 5.81. The lowest BCUT2D eigenvalue weighted by molar-refractivity contribution is -0.129. The van der Waals surface area contributed by atoms with Crippen molar-refractivity contribution in [3.05, 3.63) is 30.9 Å². The minimum Gasteiger partial charge on any atom is -0.399 e. The van der Waals surface area contributed by atoms with Crippen molar-refractivity contribution in [2.45, 2.75) is 6.92 Å². The topological polar surface area (TPSA) is 80.3 Å². The molecule has 1 aliphatic rings. The summed E-state index contributed by atoms with van der Waals surface area (Å²) in [4.78, 5) is 15.5. The Morgan fingerprint density at radius 2 is 1.76 bits per heavy atom. The first-order chi connectivity index (χ1) is 10.1. The molecule has 7 heteroatoms. The molecule has 110 valence electrons. The Bertz CT molecular complexity index is 631. The lowest BCUT2D eigenvalue weighted by Crippen LogP contribution is -2.48. The Hall–Kier alpha value is -2.57. The molecule has 1 amide bonds. The summed E-state index contributed by atoms with van der Waals surface area (Å²) in [7, 11) is 0. The number of benzene rings is 1. The fraction of sp³-hybridized carbons (Fsp3) is 0.357. The molecule has 2 heterocycles. The fourth-order valence-corrected chi connectivity index (χ4v) is 2.60. The normalized spacial score (nSPS) is 15.3. The first-order valence-electron chi connectivity index (χ1n) is 6.90. The Morgan fingerprint density at radius 3 is 2.38 bits per heavy atom. The van der Waals surface area contributed by atoms with Crippen molar-refractivity contribution < 1.29 is 4.79 Å². The molecule has 21 heavy (non-hydrogen) atoms. The van der Waals surface area contributed by atoms with Crippen LogP contribution in [0.25, 0.3) is 5.69 Å². The van der Waals surface area contributed by atoms with Crippen molar-refractivity contribution >= 4 is 17.3 Å². The number of hydrogen-bond donors (Lipinski definition) is 1. The maximum atomic E-state index is 11.4. The van der Waals surface area contributed by atoms with E-state index in [1.807, 2.05) is 27.7 Å². The summed E-state index contributed by atoms with van der Waals surface area (Å²) < 4.78 is 1.85. The first kappa shape index (κ1) is 13.4. The number of anilines is 2. The zero-order valence-electron chi connectivity index (χ0n) is 11.9. The molecule has 1 aliphatic heterocycles. The molecule has 0 radical (unpaired) electrons. The van der Waals surface area contributed by atoms with Gasteiger partial charge in [0.1, 0.15) is 12.7 Å². The molecular formula is C14H18N6O. The second-order valence-corrected chi connectivity index (χ2v) is 5.11. The van der Waals surface area contributed by atoms with E-state index in [9.17, 15) is 4.79 Å². The second kappa shape index (κ2) is 5.43. The zero-order valence-corrected chi connectivity index (χ0v) is 11.9. The fourth-order valence-electron chi connectivity index (χ4n) is 2.60. The average molecular weight is 286 g/mol. The van der Waals surface area contributed by atoms with E-state index in [4.69, 9.17) is 5.73 Å². The average Bonchev–Trinajstić information content (AvgIpc) is 3.01. The Balaban J connectivity index is 1.88. The standard InChI is InChI=1S/C14H18N6O/c1-11(21)18-4-6-19(7-5-18)13-3-2-12(15)8-14(13)20-9-16-17-10-20/h2-3,8-10H,4-7,15H2,1H3. The van der Waals surface area contributed by atoms with Crippen molar-refractivity contribution in [1.29, 1.82) is 0 Å². The van der Waals surface area contributed by atoms with E-state index in [2.05, 4.69) is 15.1 Å². The van der Waals surface area contributed by atoms with Gasteiger partial charge in [0.25, 0.3) is 0 Å². The molecule has 1 aromatic heterocycles. The summed E-state index contributed by atoms with van der Waals surface area (Å²) in [5.41, 5.74) is 8.63. The van der Waals surface area contributed by atoms with Gasteiger partial charge in [-0.15, -0.1) is 10.2 Å².